The van der Waals surface area contributed by atoms with Crippen molar-refractivity contribution in [3.63, 3.8) is 0 Å². The third-order valence-electron chi connectivity index (χ3n) is 4.09. The molecule has 15 nitrogen and oxygen atoms in total. The van der Waals surface area contributed by atoms with Gasteiger partial charge >= 0.3 is 11.9 Å². The van der Waals surface area contributed by atoms with Crippen LogP contribution in [0.15, 0.2) is 0 Å². The quantitative estimate of drug-likeness (QED) is 0.110. The molecule has 0 rings (SSSR count). The number of nitrogens with two attached hydrogens (primary N) is 3. The highest BCUT2D eigenvalue weighted by atomic mass is 16.4. The Morgan fingerprint density at radius 1 is 0.656 bits per heavy atom. The van der Waals surface area contributed by atoms with E-state index in [-0.39, 0.29) is 25.7 Å². The highest BCUT2D eigenvalue weighted by Crippen LogP contribution is 2.05. The third kappa shape index (κ3) is 12.1. The van der Waals surface area contributed by atoms with Gasteiger partial charge in [0.15, 0.2) is 0 Å². The number of primary amides is 2. The van der Waals surface area contributed by atoms with E-state index in [0.717, 1.165) is 0 Å². The summed E-state index contributed by atoms with van der Waals surface area (Å²) in [6, 6.07) is -4.33. The molecule has 0 fully saturated rings. The molecule has 5 amide bonds. The SMILES string of the molecule is NCC(=O)NC(CCC(N)=O)C(=O)NC(CCC(N)=O)C(=O)NC(CCC(=O)O)C(=O)O. The third-order valence-corrected chi connectivity index (χ3v) is 4.09. The van der Waals surface area contributed by atoms with Gasteiger partial charge in [0.05, 0.1) is 6.54 Å². The summed E-state index contributed by atoms with van der Waals surface area (Å²) in [5.41, 5.74) is 15.3. The molecule has 0 heterocycles. The number of carboxylic acid groups (broad SMARTS) is 2. The Labute approximate surface area is 182 Å². The normalized spacial score (nSPS) is 13.2. The lowest BCUT2D eigenvalue weighted by molar-refractivity contribution is -0.143. The highest BCUT2D eigenvalue weighted by Gasteiger charge is 2.30. The summed E-state index contributed by atoms with van der Waals surface area (Å²) in [5.74, 6) is -7.01. The van der Waals surface area contributed by atoms with Crippen LogP contribution in [0.25, 0.3) is 0 Å². The summed E-state index contributed by atoms with van der Waals surface area (Å²) < 4.78 is 0. The molecule has 0 aliphatic rings. The molecule has 0 aliphatic heterocycles. The molecule has 0 aromatic carbocycles. The van der Waals surface area contributed by atoms with Crippen molar-refractivity contribution in [2.45, 2.75) is 56.7 Å². The van der Waals surface area contributed by atoms with E-state index in [4.69, 9.17) is 22.3 Å². The number of aliphatic carboxylic acids is 2. The molecule has 0 aliphatic carbocycles. The Morgan fingerprint density at radius 3 is 1.44 bits per heavy atom. The minimum Gasteiger partial charge on any atom is -0.481 e. The molecule has 3 atom stereocenters. The molecule has 0 saturated heterocycles. The first-order valence-electron chi connectivity index (χ1n) is 9.48. The number of carbonyl (C=O) groups is 7. The Kier molecular flexibility index (Phi) is 12.6. The summed E-state index contributed by atoms with van der Waals surface area (Å²) >= 11 is 0. The van der Waals surface area contributed by atoms with Crippen LogP contribution >= 0.6 is 0 Å². The molecule has 11 N–H and O–H groups in total. The zero-order valence-electron chi connectivity index (χ0n) is 17.2. The Balaban J connectivity index is 5.47. The van der Waals surface area contributed by atoms with E-state index in [1.54, 1.807) is 0 Å². The number of carboxylic acids is 2. The average Bonchev–Trinajstić information content (AvgIpc) is 2.69. The van der Waals surface area contributed by atoms with Crippen LogP contribution in [0.3, 0.4) is 0 Å². The van der Waals surface area contributed by atoms with Crippen molar-refractivity contribution in [2.24, 2.45) is 17.2 Å². The molecule has 0 bridgehead atoms. The smallest absolute Gasteiger partial charge is 0.326 e. The topological polar surface area (TPSA) is 274 Å². The predicted octanol–water partition coefficient (Wildman–Crippen LogP) is -4.12. The number of hydrogen-bond acceptors (Lipinski definition) is 8. The van der Waals surface area contributed by atoms with Crippen LogP contribution in [0, 0.1) is 0 Å². The lowest BCUT2D eigenvalue weighted by Gasteiger charge is -2.24. The summed E-state index contributed by atoms with van der Waals surface area (Å²) in [4.78, 5) is 80.8. The maximum Gasteiger partial charge on any atom is 0.326 e. The van der Waals surface area contributed by atoms with Gasteiger partial charge in [-0.05, 0) is 19.3 Å². The summed E-state index contributed by atoms with van der Waals surface area (Å²) in [7, 11) is 0. The Bertz CT molecular complexity index is 742. The van der Waals surface area contributed by atoms with Crippen LogP contribution in [0.5, 0.6) is 0 Å². The number of amides is 5. The second-order valence-electron chi connectivity index (χ2n) is 6.73. The van der Waals surface area contributed by atoms with Gasteiger partial charge in [-0.15, -0.1) is 0 Å². The summed E-state index contributed by atoms with van der Waals surface area (Å²) in [6.45, 7) is -0.462. The summed E-state index contributed by atoms with van der Waals surface area (Å²) in [5, 5.41) is 24.5. The predicted molar refractivity (Wildman–Crippen MR) is 106 cm³/mol. The number of rotatable bonds is 16. The van der Waals surface area contributed by atoms with Crippen molar-refractivity contribution in [3.8, 4) is 0 Å². The molecule has 0 radical (unpaired) electrons. The van der Waals surface area contributed by atoms with Gasteiger partial charge in [-0.1, -0.05) is 0 Å². The molecule has 0 spiro atoms. The van der Waals surface area contributed by atoms with Crippen LogP contribution < -0.4 is 33.2 Å². The van der Waals surface area contributed by atoms with E-state index in [0.29, 0.717) is 0 Å². The second-order valence-corrected chi connectivity index (χ2v) is 6.73. The molecular weight excluding hydrogens is 432 g/mol. The number of nitrogens with one attached hydrogen (secondary N) is 3. The number of carbonyl (C=O) groups excluding carboxylic acids is 5. The highest BCUT2D eigenvalue weighted by molar-refractivity contribution is 5.94. The van der Waals surface area contributed by atoms with Crippen LogP contribution in [-0.4, -0.2) is 76.4 Å². The van der Waals surface area contributed by atoms with E-state index in [2.05, 4.69) is 16.0 Å². The minimum absolute atomic E-state index is 0.215. The fourth-order valence-corrected chi connectivity index (χ4v) is 2.43. The van der Waals surface area contributed by atoms with Crippen LogP contribution in [0.2, 0.25) is 0 Å². The Morgan fingerprint density at radius 2 is 1.06 bits per heavy atom. The fourth-order valence-electron chi connectivity index (χ4n) is 2.43. The zero-order chi connectivity index (χ0) is 24.8. The molecular formula is C17H28N6O9. The lowest BCUT2D eigenvalue weighted by atomic mass is 10.1. The van der Waals surface area contributed by atoms with Crippen LogP contribution in [0.4, 0.5) is 0 Å². The standard InChI is InChI=1S/C17H28N6O9/c18-7-13(26)21-8(1-4-11(19)24)15(29)22-9(2-5-12(20)25)16(30)23-10(17(31)32)3-6-14(27)28/h8-10H,1-7,18H2,(H2,19,24)(H2,20,25)(H,21,26)(H,22,29)(H,23,30)(H,27,28)(H,31,32). The number of hydrogen-bond donors (Lipinski definition) is 8. The van der Waals surface area contributed by atoms with Crippen LogP contribution in [0.1, 0.15) is 38.5 Å². The van der Waals surface area contributed by atoms with Gasteiger partial charge in [0.25, 0.3) is 0 Å². The molecule has 3 unspecified atom stereocenters. The zero-order valence-corrected chi connectivity index (χ0v) is 17.2. The lowest BCUT2D eigenvalue weighted by Crippen LogP contribution is -2.56. The van der Waals surface area contributed by atoms with Crippen molar-refractivity contribution >= 4 is 41.5 Å². The molecule has 15 heteroatoms. The van der Waals surface area contributed by atoms with Gasteiger partial charge in [0.2, 0.25) is 29.5 Å². The first kappa shape index (κ1) is 28.2. The van der Waals surface area contributed by atoms with Gasteiger partial charge < -0.3 is 43.4 Å². The molecule has 0 aromatic heterocycles. The van der Waals surface area contributed by atoms with Crippen molar-refractivity contribution in [1.82, 2.24) is 16.0 Å². The van der Waals surface area contributed by atoms with Gasteiger partial charge in [-0.3, -0.25) is 28.8 Å². The van der Waals surface area contributed by atoms with Crippen molar-refractivity contribution in [2.75, 3.05) is 6.54 Å². The molecule has 32 heavy (non-hydrogen) atoms. The van der Waals surface area contributed by atoms with E-state index in [9.17, 15) is 38.7 Å². The van der Waals surface area contributed by atoms with Crippen molar-refractivity contribution in [3.05, 3.63) is 0 Å². The molecule has 0 saturated carbocycles. The van der Waals surface area contributed by atoms with E-state index in [1.165, 1.54) is 0 Å². The van der Waals surface area contributed by atoms with Gasteiger partial charge in [-0.2, -0.15) is 0 Å². The van der Waals surface area contributed by atoms with Gasteiger partial charge in [0, 0.05) is 19.3 Å². The van der Waals surface area contributed by atoms with E-state index in [1.807, 2.05) is 0 Å². The molecule has 0 aromatic rings. The maximum atomic E-state index is 12.6. The first-order chi connectivity index (χ1) is 14.9. The average molecular weight is 460 g/mol. The minimum atomic E-state index is -1.57. The van der Waals surface area contributed by atoms with Crippen LogP contribution in [-0.2, 0) is 33.6 Å². The van der Waals surface area contributed by atoms with Crippen molar-refractivity contribution in [1.29, 1.82) is 0 Å². The largest absolute Gasteiger partial charge is 0.481 e. The van der Waals surface area contributed by atoms with Gasteiger partial charge in [-0.25, -0.2) is 4.79 Å². The first-order valence-corrected chi connectivity index (χ1v) is 9.48. The fraction of sp³-hybridized carbons (Fsp3) is 0.588. The Hall–Kier alpha value is -3.75. The second kappa shape index (κ2) is 14.3. The maximum absolute atomic E-state index is 12.6. The monoisotopic (exact) mass is 460 g/mol. The van der Waals surface area contributed by atoms with E-state index < -0.39 is 79.0 Å². The van der Waals surface area contributed by atoms with Crippen molar-refractivity contribution < 1.29 is 43.8 Å². The molecule has 180 valence electrons. The van der Waals surface area contributed by atoms with Gasteiger partial charge in [0.1, 0.15) is 18.1 Å². The summed E-state index contributed by atoms with van der Waals surface area (Å²) in [6.07, 6.45) is -2.14. The van der Waals surface area contributed by atoms with E-state index >= 15 is 0 Å².